The number of fused-ring (bicyclic) bond motifs is 1. The Morgan fingerprint density at radius 1 is 1.22 bits per heavy atom. The Kier molecular flexibility index (Phi) is 7.53. The number of nitrogens with one attached hydrogen (secondary N) is 1. The number of alkyl halides is 3. The summed E-state index contributed by atoms with van der Waals surface area (Å²) in [5.74, 6) is 0.743. The molecule has 5 nitrogen and oxygen atoms in total. The number of likely N-dealkylation sites (tertiary alicyclic amines) is 1. The molecule has 2 fully saturated rings. The number of hydrogen-bond acceptors (Lipinski definition) is 3. The number of carbonyl (C=O) groups excluding carboxylic acids is 2. The van der Waals surface area contributed by atoms with Crippen LogP contribution < -0.4 is 5.32 Å². The smallest absolute Gasteiger partial charge is 0.351 e. The molecule has 0 bridgehead atoms. The van der Waals surface area contributed by atoms with Gasteiger partial charge in [0.1, 0.15) is 6.04 Å². The second-order valence-corrected chi connectivity index (χ2v) is 9.78. The first-order valence-corrected chi connectivity index (χ1v) is 11.4. The maximum atomic E-state index is 13.0. The zero-order chi connectivity index (χ0) is 23.6. The van der Waals surface area contributed by atoms with Crippen LogP contribution in [0.3, 0.4) is 0 Å². The van der Waals surface area contributed by atoms with E-state index in [2.05, 4.69) is 10.2 Å². The van der Waals surface area contributed by atoms with Crippen LogP contribution in [0.25, 0.3) is 0 Å². The van der Waals surface area contributed by atoms with E-state index < -0.39 is 17.8 Å². The van der Waals surface area contributed by atoms with E-state index in [1.54, 1.807) is 13.1 Å². The summed E-state index contributed by atoms with van der Waals surface area (Å²) in [6, 6.07) is 5.05. The maximum absolute atomic E-state index is 13.0. The molecule has 0 unspecified atom stereocenters. The van der Waals surface area contributed by atoms with Crippen LogP contribution in [0, 0.1) is 17.8 Å². The molecule has 1 saturated heterocycles. The third-order valence-corrected chi connectivity index (χ3v) is 6.88. The first-order chi connectivity index (χ1) is 15.0. The van der Waals surface area contributed by atoms with Gasteiger partial charge in [0.05, 0.1) is 5.56 Å². The van der Waals surface area contributed by atoms with E-state index >= 15 is 0 Å². The molecular formula is C24H34F3N3O2. The fraction of sp³-hybridized carbons (Fsp3) is 0.667. The molecule has 0 radical (unpaired) electrons. The van der Waals surface area contributed by atoms with Gasteiger partial charge in [0, 0.05) is 39.6 Å². The van der Waals surface area contributed by atoms with E-state index in [0.29, 0.717) is 24.4 Å². The highest BCUT2D eigenvalue weighted by molar-refractivity contribution is 5.87. The lowest BCUT2D eigenvalue weighted by atomic mass is 9.96. The van der Waals surface area contributed by atoms with E-state index in [1.807, 2.05) is 13.8 Å². The zero-order valence-electron chi connectivity index (χ0n) is 19.3. The van der Waals surface area contributed by atoms with Gasteiger partial charge in [-0.25, -0.2) is 0 Å². The predicted octanol–water partition coefficient (Wildman–Crippen LogP) is 3.93. The van der Waals surface area contributed by atoms with E-state index in [1.165, 1.54) is 24.0 Å². The molecule has 1 aromatic carbocycles. The normalized spacial score (nSPS) is 24.4. The summed E-state index contributed by atoms with van der Waals surface area (Å²) in [6.07, 6.45) is -1.85. The minimum Gasteiger partial charge on any atom is -0.351 e. The van der Waals surface area contributed by atoms with E-state index in [9.17, 15) is 22.8 Å². The first-order valence-electron chi connectivity index (χ1n) is 11.4. The van der Waals surface area contributed by atoms with E-state index in [4.69, 9.17) is 0 Å². The summed E-state index contributed by atoms with van der Waals surface area (Å²) in [6.45, 7) is 7.58. The zero-order valence-corrected chi connectivity index (χ0v) is 19.3. The van der Waals surface area contributed by atoms with Gasteiger partial charge in [-0.2, -0.15) is 13.2 Å². The molecule has 1 heterocycles. The van der Waals surface area contributed by atoms with E-state index in [-0.39, 0.29) is 29.7 Å². The average molecular weight is 454 g/mol. The van der Waals surface area contributed by atoms with Crippen LogP contribution in [0.5, 0.6) is 0 Å². The Balaban J connectivity index is 1.62. The summed E-state index contributed by atoms with van der Waals surface area (Å²) in [4.78, 5) is 28.6. The lowest BCUT2D eigenvalue weighted by molar-refractivity contribution is -0.138. The summed E-state index contributed by atoms with van der Waals surface area (Å²) in [7, 11) is 1.67. The van der Waals surface area contributed by atoms with E-state index in [0.717, 1.165) is 32.0 Å². The molecule has 32 heavy (non-hydrogen) atoms. The van der Waals surface area contributed by atoms with Gasteiger partial charge < -0.3 is 10.2 Å². The SMILES string of the molecule is CC(=O)N(C)[C@@H](CC(C)C)C(=O)N[C@H]1CC[C@H]2CN(Cc3cccc(C(F)(F)F)c3)C[C@H]21. The largest absolute Gasteiger partial charge is 0.416 e. The average Bonchev–Trinajstić information content (AvgIpc) is 3.26. The lowest BCUT2D eigenvalue weighted by Crippen LogP contribution is -2.51. The monoisotopic (exact) mass is 453 g/mol. The minimum atomic E-state index is -4.34. The van der Waals surface area contributed by atoms with Crippen molar-refractivity contribution < 1.29 is 22.8 Å². The Hall–Kier alpha value is -2.09. The van der Waals surface area contributed by atoms with Crippen molar-refractivity contribution in [3.8, 4) is 0 Å². The molecule has 1 aliphatic heterocycles. The Morgan fingerprint density at radius 3 is 2.56 bits per heavy atom. The third-order valence-electron chi connectivity index (χ3n) is 6.88. The van der Waals surface area contributed by atoms with Crippen molar-refractivity contribution in [1.29, 1.82) is 0 Å². The second kappa shape index (κ2) is 9.81. The van der Waals surface area contributed by atoms with Gasteiger partial charge >= 0.3 is 6.18 Å². The third kappa shape index (κ3) is 5.82. The number of amides is 2. The molecule has 1 saturated carbocycles. The highest BCUT2D eigenvalue weighted by Gasteiger charge is 2.44. The van der Waals surface area contributed by atoms with Gasteiger partial charge in [-0.05, 0) is 48.6 Å². The lowest BCUT2D eigenvalue weighted by Gasteiger charge is -2.30. The maximum Gasteiger partial charge on any atom is 0.416 e. The number of benzene rings is 1. The molecule has 178 valence electrons. The molecule has 0 spiro atoms. The summed E-state index contributed by atoms with van der Waals surface area (Å²) >= 11 is 0. The van der Waals surface area contributed by atoms with Crippen LogP contribution in [-0.4, -0.2) is 53.8 Å². The van der Waals surface area contributed by atoms with Gasteiger partial charge in [0.2, 0.25) is 11.8 Å². The number of likely N-dealkylation sites (N-methyl/N-ethyl adjacent to an activating group) is 1. The van der Waals surface area contributed by atoms with Crippen molar-refractivity contribution in [2.24, 2.45) is 17.8 Å². The Morgan fingerprint density at radius 2 is 1.94 bits per heavy atom. The fourth-order valence-electron chi connectivity index (χ4n) is 5.16. The van der Waals surface area contributed by atoms with Gasteiger partial charge in [0.15, 0.2) is 0 Å². The van der Waals surface area contributed by atoms with Crippen LogP contribution in [0.15, 0.2) is 24.3 Å². The predicted molar refractivity (Wildman–Crippen MR) is 117 cm³/mol. The standard InChI is InChI=1S/C24H34F3N3O2/c1-15(2)10-22(29(4)16(3)31)23(32)28-21-9-8-18-13-30(14-20(18)21)12-17-6-5-7-19(11-17)24(25,26)27/h5-7,11,15,18,20-22H,8-10,12-14H2,1-4H3,(H,28,32)/t18-,20+,21-,22-/m0/s1. The second-order valence-electron chi connectivity index (χ2n) is 9.78. The number of nitrogens with zero attached hydrogens (tertiary/aromatic N) is 2. The summed E-state index contributed by atoms with van der Waals surface area (Å²) < 4.78 is 39.0. The Bertz CT molecular complexity index is 827. The van der Waals surface area contributed by atoms with Crippen molar-refractivity contribution in [3.05, 3.63) is 35.4 Å². The molecular weight excluding hydrogens is 419 g/mol. The summed E-state index contributed by atoms with van der Waals surface area (Å²) in [5.41, 5.74) is 0.0331. The molecule has 2 aliphatic rings. The molecule has 2 amide bonds. The van der Waals surface area contributed by atoms with Gasteiger partial charge in [0.25, 0.3) is 0 Å². The van der Waals surface area contributed by atoms with Crippen molar-refractivity contribution in [2.45, 2.75) is 64.8 Å². The fourth-order valence-corrected chi connectivity index (χ4v) is 5.16. The highest BCUT2D eigenvalue weighted by Crippen LogP contribution is 2.39. The summed E-state index contributed by atoms with van der Waals surface area (Å²) in [5, 5.41) is 3.20. The van der Waals surface area contributed by atoms with Gasteiger partial charge in [-0.15, -0.1) is 0 Å². The van der Waals surface area contributed by atoms with Crippen LogP contribution in [0.1, 0.15) is 51.2 Å². The van der Waals surface area contributed by atoms with Crippen LogP contribution in [0.4, 0.5) is 13.2 Å². The molecule has 0 aromatic heterocycles. The number of rotatable bonds is 7. The van der Waals surface area contributed by atoms with Crippen LogP contribution >= 0.6 is 0 Å². The number of halogens is 3. The molecule has 8 heteroatoms. The first kappa shape index (κ1) is 24.6. The van der Waals surface area contributed by atoms with Gasteiger partial charge in [-0.3, -0.25) is 14.5 Å². The van der Waals surface area contributed by atoms with Crippen molar-refractivity contribution in [3.63, 3.8) is 0 Å². The van der Waals surface area contributed by atoms with Crippen molar-refractivity contribution >= 4 is 11.8 Å². The number of carbonyl (C=O) groups is 2. The Labute approximate surface area is 188 Å². The van der Waals surface area contributed by atoms with Crippen LogP contribution in [-0.2, 0) is 22.3 Å². The molecule has 1 aromatic rings. The number of hydrogen-bond donors (Lipinski definition) is 1. The molecule has 4 atom stereocenters. The van der Waals surface area contributed by atoms with Crippen LogP contribution in [0.2, 0.25) is 0 Å². The topological polar surface area (TPSA) is 52.7 Å². The molecule has 1 aliphatic carbocycles. The van der Waals surface area contributed by atoms with Crippen molar-refractivity contribution in [2.75, 3.05) is 20.1 Å². The quantitative estimate of drug-likeness (QED) is 0.681. The molecule has 3 rings (SSSR count). The van der Waals surface area contributed by atoms with Crippen molar-refractivity contribution in [1.82, 2.24) is 15.1 Å². The minimum absolute atomic E-state index is 0.0361. The molecule has 1 N–H and O–H groups in total. The highest BCUT2D eigenvalue weighted by atomic mass is 19.4. The van der Waals surface area contributed by atoms with Gasteiger partial charge in [-0.1, -0.05) is 32.0 Å².